The number of nitrogen functional groups attached to an aromatic ring is 1. The predicted octanol–water partition coefficient (Wildman–Crippen LogP) is 3.65. The number of aromatic nitrogens is 1. The van der Waals surface area contributed by atoms with Crippen molar-refractivity contribution in [2.24, 2.45) is 0 Å². The molecule has 8 nitrogen and oxygen atoms in total. The van der Waals surface area contributed by atoms with Gasteiger partial charge >= 0.3 is 0 Å². The van der Waals surface area contributed by atoms with Crippen molar-refractivity contribution in [1.82, 2.24) is 4.98 Å². The van der Waals surface area contributed by atoms with Crippen molar-refractivity contribution in [2.45, 2.75) is 0 Å². The predicted molar refractivity (Wildman–Crippen MR) is 102 cm³/mol. The number of thiazole rings is 1. The number of nitrogens with two attached hydrogens (primary N) is 1. The number of nitro benzene ring substituents is 1. The van der Waals surface area contributed by atoms with Crippen LogP contribution in [0.2, 0.25) is 0 Å². The molecule has 1 aromatic heterocycles. The standard InChI is InChI=1S/C17H15N5O3S/c1-19-10-6-8-11(9-7-10)20-17-21-16(18)15(26-17)14(23)12-4-2-3-5-13(12)22(24)25/h2-9,19H,18H2,1H3,(H,20,21). The maximum atomic E-state index is 12.7. The van der Waals surface area contributed by atoms with E-state index in [1.807, 2.05) is 31.3 Å². The lowest BCUT2D eigenvalue weighted by Crippen LogP contribution is -2.06. The molecule has 2 aromatic carbocycles. The summed E-state index contributed by atoms with van der Waals surface area (Å²) in [5.41, 5.74) is 7.33. The second kappa shape index (κ2) is 7.19. The molecule has 26 heavy (non-hydrogen) atoms. The van der Waals surface area contributed by atoms with E-state index >= 15 is 0 Å². The van der Waals surface area contributed by atoms with E-state index in [1.165, 1.54) is 18.2 Å². The highest BCUT2D eigenvalue weighted by Crippen LogP contribution is 2.32. The van der Waals surface area contributed by atoms with Crippen LogP contribution in [0.4, 0.5) is 28.0 Å². The number of nitrogens with zero attached hydrogens (tertiary/aromatic N) is 2. The van der Waals surface area contributed by atoms with Crippen molar-refractivity contribution < 1.29 is 9.72 Å². The Kier molecular flexibility index (Phi) is 4.81. The number of ketones is 1. The minimum absolute atomic E-state index is 0.0160. The van der Waals surface area contributed by atoms with Crippen molar-refractivity contribution in [3.63, 3.8) is 0 Å². The van der Waals surface area contributed by atoms with E-state index in [4.69, 9.17) is 5.73 Å². The summed E-state index contributed by atoms with van der Waals surface area (Å²) in [6.45, 7) is 0. The highest BCUT2D eigenvalue weighted by Gasteiger charge is 2.25. The first-order valence-corrected chi connectivity index (χ1v) is 8.40. The Morgan fingerprint density at radius 3 is 2.46 bits per heavy atom. The van der Waals surface area contributed by atoms with Crippen molar-refractivity contribution in [3.05, 3.63) is 69.1 Å². The first-order chi connectivity index (χ1) is 12.5. The smallest absolute Gasteiger partial charge is 0.280 e. The molecule has 1 heterocycles. The topological polar surface area (TPSA) is 123 Å². The van der Waals surface area contributed by atoms with Gasteiger partial charge in [-0.25, -0.2) is 4.98 Å². The van der Waals surface area contributed by atoms with Crippen molar-refractivity contribution in [2.75, 3.05) is 23.4 Å². The molecule has 4 N–H and O–H groups in total. The molecule has 0 saturated carbocycles. The fraction of sp³-hybridized carbons (Fsp3) is 0.0588. The van der Waals surface area contributed by atoms with Crippen LogP contribution in [0, 0.1) is 10.1 Å². The number of hydrogen-bond donors (Lipinski definition) is 3. The summed E-state index contributed by atoms with van der Waals surface area (Å²) in [6.07, 6.45) is 0. The van der Waals surface area contributed by atoms with E-state index in [-0.39, 0.29) is 21.9 Å². The maximum Gasteiger partial charge on any atom is 0.280 e. The van der Waals surface area contributed by atoms with Crippen LogP contribution in [0.3, 0.4) is 0 Å². The molecule has 0 aliphatic heterocycles. The second-order valence-electron chi connectivity index (χ2n) is 5.29. The van der Waals surface area contributed by atoms with Gasteiger partial charge in [0.1, 0.15) is 16.3 Å². The number of carbonyl (C=O) groups excluding carboxylic acids is 1. The molecule has 0 amide bonds. The Balaban J connectivity index is 1.88. The van der Waals surface area contributed by atoms with Crippen LogP contribution >= 0.6 is 11.3 Å². The first-order valence-electron chi connectivity index (χ1n) is 7.59. The monoisotopic (exact) mass is 369 g/mol. The zero-order valence-corrected chi connectivity index (χ0v) is 14.5. The quantitative estimate of drug-likeness (QED) is 0.344. The third-order valence-electron chi connectivity index (χ3n) is 3.63. The van der Waals surface area contributed by atoms with Gasteiger partial charge in [-0.2, -0.15) is 0 Å². The van der Waals surface area contributed by atoms with Crippen LogP contribution in [-0.4, -0.2) is 22.7 Å². The number of benzene rings is 2. The molecule has 0 unspecified atom stereocenters. The highest BCUT2D eigenvalue weighted by molar-refractivity contribution is 7.18. The van der Waals surface area contributed by atoms with Crippen LogP contribution < -0.4 is 16.4 Å². The maximum absolute atomic E-state index is 12.7. The minimum atomic E-state index is -0.590. The summed E-state index contributed by atoms with van der Waals surface area (Å²) in [6, 6.07) is 13.3. The van der Waals surface area contributed by atoms with Crippen LogP contribution in [0.5, 0.6) is 0 Å². The number of nitro groups is 1. The van der Waals surface area contributed by atoms with E-state index in [0.29, 0.717) is 5.13 Å². The van der Waals surface area contributed by atoms with Crippen LogP contribution in [0.1, 0.15) is 15.2 Å². The van der Waals surface area contributed by atoms with Crippen molar-refractivity contribution >= 4 is 45.1 Å². The van der Waals surface area contributed by atoms with Crippen LogP contribution in [-0.2, 0) is 0 Å². The number of nitrogens with one attached hydrogen (secondary N) is 2. The summed E-state index contributed by atoms with van der Waals surface area (Å²) in [7, 11) is 1.82. The Morgan fingerprint density at radius 2 is 1.81 bits per heavy atom. The summed E-state index contributed by atoms with van der Waals surface area (Å²) in [5.74, 6) is -0.488. The largest absolute Gasteiger partial charge is 0.388 e. The third-order valence-corrected chi connectivity index (χ3v) is 4.62. The molecule has 0 radical (unpaired) electrons. The number of para-hydroxylation sites is 1. The Labute approximate surface area is 152 Å². The van der Waals surface area contributed by atoms with Gasteiger partial charge in [0, 0.05) is 24.5 Å². The molecule has 132 valence electrons. The fourth-order valence-corrected chi connectivity index (χ4v) is 3.20. The van der Waals surface area contributed by atoms with Crippen molar-refractivity contribution in [1.29, 1.82) is 0 Å². The molecule has 0 aliphatic rings. The molecule has 9 heteroatoms. The SMILES string of the molecule is CNc1ccc(Nc2nc(N)c(C(=O)c3ccccc3[N+](=O)[O-])s2)cc1. The summed E-state index contributed by atoms with van der Waals surface area (Å²) in [4.78, 5) is 27.5. The number of hydrogen-bond acceptors (Lipinski definition) is 8. The van der Waals surface area contributed by atoms with Gasteiger partial charge in [-0.05, 0) is 30.3 Å². The normalized spacial score (nSPS) is 10.3. The van der Waals surface area contributed by atoms with E-state index in [1.54, 1.807) is 6.07 Å². The van der Waals surface area contributed by atoms with E-state index in [0.717, 1.165) is 22.7 Å². The number of carbonyl (C=O) groups is 1. The summed E-state index contributed by atoms with van der Waals surface area (Å²) in [5, 5.41) is 17.7. The average molecular weight is 369 g/mol. The second-order valence-corrected chi connectivity index (χ2v) is 6.29. The van der Waals surface area contributed by atoms with Gasteiger partial charge in [0.2, 0.25) is 5.78 Å². The summed E-state index contributed by atoms with van der Waals surface area (Å²) >= 11 is 1.05. The van der Waals surface area contributed by atoms with Gasteiger partial charge in [0.05, 0.1) is 4.92 Å². The van der Waals surface area contributed by atoms with E-state index < -0.39 is 10.7 Å². The lowest BCUT2D eigenvalue weighted by atomic mass is 10.1. The van der Waals surface area contributed by atoms with Gasteiger partial charge in [0.15, 0.2) is 5.13 Å². The molecule has 3 aromatic rings. The molecule has 0 saturated heterocycles. The van der Waals surface area contributed by atoms with Gasteiger partial charge in [-0.1, -0.05) is 23.5 Å². The zero-order chi connectivity index (χ0) is 18.7. The van der Waals surface area contributed by atoms with Gasteiger partial charge in [-0.3, -0.25) is 14.9 Å². The van der Waals surface area contributed by atoms with Crippen LogP contribution in [0.25, 0.3) is 0 Å². The zero-order valence-electron chi connectivity index (χ0n) is 13.7. The Hall–Kier alpha value is -3.46. The lowest BCUT2D eigenvalue weighted by Gasteiger charge is -2.04. The Bertz CT molecular complexity index is 969. The minimum Gasteiger partial charge on any atom is -0.388 e. The molecule has 3 rings (SSSR count). The highest BCUT2D eigenvalue weighted by atomic mass is 32.1. The number of rotatable bonds is 6. The van der Waals surface area contributed by atoms with E-state index in [9.17, 15) is 14.9 Å². The fourth-order valence-electron chi connectivity index (χ4n) is 2.34. The van der Waals surface area contributed by atoms with Gasteiger partial charge < -0.3 is 16.4 Å². The average Bonchev–Trinajstić information content (AvgIpc) is 3.01. The summed E-state index contributed by atoms with van der Waals surface area (Å²) < 4.78 is 0. The molecular formula is C17H15N5O3S. The molecular weight excluding hydrogens is 354 g/mol. The molecule has 0 bridgehead atoms. The first kappa shape index (κ1) is 17.4. The molecule has 0 fully saturated rings. The van der Waals surface area contributed by atoms with Gasteiger partial charge in [-0.15, -0.1) is 0 Å². The molecule has 0 spiro atoms. The third kappa shape index (κ3) is 3.47. The van der Waals surface area contributed by atoms with Gasteiger partial charge in [0.25, 0.3) is 5.69 Å². The van der Waals surface area contributed by atoms with Crippen molar-refractivity contribution in [3.8, 4) is 0 Å². The Morgan fingerprint density at radius 1 is 1.15 bits per heavy atom. The molecule has 0 aliphatic carbocycles. The lowest BCUT2D eigenvalue weighted by molar-refractivity contribution is -0.385. The van der Waals surface area contributed by atoms with E-state index in [2.05, 4.69) is 15.6 Å². The molecule has 0 atom stereocenters. The number of anilines is 4. The van der Waals surface area contributed by atoms with Crippen LogP contribution in [0.15, 0.2) is 48.5 Å².